The SMILES string of the molecule is COc1cccc2cc(C(=O)N3CCC[C@@H](Oc4ncc(Cl)cn4)C3)c(=O)oc12. The summed E-state index contributed by atoms with van der Waals surface area (Å²) in [4.78, 5) is 35.1. The number of piperidine rings is 1. The molecule has 0 aliphatic carbocycles. The van der Waals surface area contributed by atoms with Crippen molar-refractivity contribution in [2.75, 3.05) is 20.2 Å². The van der Waals surface area contributed by atoms with Crippen LogP contribution in [0.4, 0.5) is 0 Å². The highest BCUT2D eigenvalue weighted by Gasteiger charge is 2.28. The molecule has 0 radical (unpaired) electrons. The van der Waals surface area contributed by atoms with Crippen LogP contribution in [-0.4, -0.2) is 47.1 Å². The summed E-state index contributed by atoms with van der Waals surface area (Å²) in [5.41, 5.74) is -0.401. The number of nitrogens with zero attached hydrogens (tertiary/aromatic N) is 3. The van der Waals surface area contributed by atoms with Gasteiger partial charge in [-0.3, -0.25) is 4.79 Å². The minimum absolute atomic E-state index is 0.0193. The number of hydrogen-bond donors (Lipinski definition) is 0. The van der Waals surface area contributed by atoms with E-state index < -0.39 is 11.5 Å². The second kappa shape index (κ2) is 8.08. The van der Waals surface area contributed by atoms with E-state index in [1.54, 1.807) is 29.2 Å². The van der Waals surface area contributed by atoms with Crippen molar-refractivity contribution in [2.24, 2.45) is 0 Å². The molecular formula is C20H18ClN3O5. The molecule has 1 aliphatic heterocycles. The number of ether oxygens (including phenoxy) is 2. The molecule has 9 heteroatoms. The second-order valence-electron chi connectivity index (χ2n) is 6.64. The molecule has 3 aromatic rings. The van der Waals surface area contributed by atoms with Gasteiger partial charge in [0, 0.05) is 11.9 Å². The fourth-order valence-electron chi connectivity index (χ4n) is 3.33. The molecule has 1 aromatic carbocycles. The number of para-hydroxylation sites is 1. The van der Waals surface area contributed by atoms with Gasteiger partial charge in [-0.2, -0.15) is 0 Å². The largest absolute Gasteiger partial charge is 0.493 e. The molecule has 0 unspecified atom stereocenters. The van der Waals surface area contributed by atoms with Crippen LogP contribution in [0.15, 0.2) is 45.9 Å². The molecule has 0 bridgehead atoms. The third kappa shape index (κ3) is 4.02. The van der Waals surface area contributed by atoms with Crippen molar-refractivity contribution in [3.05, 3.63) is 57.7 Å². The topological polar surface area (TPSA) is 94.8 Å². The molecule has 8 nitrogen and oxygen atoms in total. The third-order valence-electron chi connectivity index (χ3n) is 4.71. The van der Waals surface area contributed by atoms with Crippen molar-refractivity contribution in [3.63, 3.8) is 0 Å². The molecule has 0 N–H and O–H groups in total. The van der Waals surface area contributed by atoms with Gasteiger partial charge in [0.15, 0.2) is 11.3 Å². The number of benzene rings is 1. The number of likely N-dealkylation sites (tertiary alicyclic amines) is 1. The normalized spacial score (nSPS) is 16.6. The van der Waals surface area contributed by atoms with Crippen LogP contribution in [0.1, 0.15) is 23.2 Å². The van der Waals surface area contributed by atoms with Gasteiger partial charge in [-0.1, -0.05) is 23.7 Å². The minimum atomic E-state index is -0.698. The van der Waals surface area contributed by atoms with E-state index in [-0.39, 0.29) is 17.7 Å². The van der Waals surface area contributed by atoms with Crippen molar-refractivity contribution in [1.82, 2.24) is 14.9 Å². The third-order valence-corrected chi connectivity index (χ3v) is 4.90. The van der Waals surface area contributed by atoms with Crippen LogP contribution in [0.3, 0.4) is 0 Å². The maximum Gasteiger partial charge on any atom is 0.349 e. The van der Waals surface area contributed by atoms with E-state index in [1.165, 1.54) is 19.5 Å². The Kier molecular flexibility index (Phi) is 5.35. The average Bonchev–Trinajstić information content (AvgIpc) is 2.74. The molecule has 1 fully saturated rings. The van der Waals surface area contributed by atoms with Gasteiger partial charge in [-0.15, -0.1) is 0 Å². The fraction of sp³-hybridized carbons (Fsp3) is 0.300. The molecule has 1 aliphatic rings. The van der Waals surface area contributed by atoms with Gasteiger partial charge in [0.25, 0.3) is 5.91 Å². The lowest BCUT2D eigenvalue weighted by atomic mass is 10.1. The van der Waals surface area contributed by atoms with E-state index in [1.807, 2.05) is 0 Å². The number of aromatic nitrogens is 2. The zero-order valence-corrected chi connectivity index (χ0v) is 16.4. The first-order valence-electron chi connectivity index (χ1n) is 9.09. The van der Waals surface area contributed by atoms with Crippen LogP contribution < -0.4 is 15.1 Å². The molecule has 3 heterocycles. The van der Waals surface area contributed by atoms with E-state index >= 15 is 0 Å². The molecule has 29 heavy (non-hydrogen) atoms. The summed E-state index contributed by atoms with van der Waals surface area (Å²) in [5.74, 6) is 0.0433. The Morgan fingerprint density at radius 1 is 1.31 bits per heavy atom. The quantitative estimate of drug-likeness (QED) is 0.604. The molecule has 1 atom stereocenters. The lowest BCUT2D eigenvalue weighted by Crippen LogP contribution is -2.45. The van der Waals surface area contributed by atoms with E-state index in [2.05, 4.69) is 9.97 Å². The lowest BCUT2D eigenvalue weighted by Gasteiger charge is -2.32. The highest BCUT2D eigenvalue weighted by atomic mass is 35.5. The fourth-order valence-corrected chi connectivity index (χ4v) is 3.42. The zero-order valence-electron chi connectivity index (χ0n) is 15.6. The van der Waals surface area contributed by atoms with E-state index in [0.717, 1.165) is 12.8 Å². The second-order valence-corrected chi connectivity index (χ2v) is 7.08. The monoisotopic (exact) mass is 415 g/mol. The summed E-state index contributed by atoms with van der Waals surface area (Å²) in [6.07, 6.45) is 4.10. The van der Waals surface area contributed by atoms with Gasteiger partial charge in [0.1, 0.15) is 11.7 Å². The molecule has 1 saturated heterocycles. The molecule has 2 aromatic heterocycles. The van der Waals surface area contributed by atoms with Crippen molar-refractivity contribution in [3.8, 4) is 11.8 Å². The first-order valence-corrected chi connectivity index (χ1v) is 9.47. The predicted molar refractivity (Wildman–Crippen MR) is 106 cm³/mol. The van der Waals surface area contributed by atoms with Gasteiger partial charge >= 0.3 is 11.6 Å². The Morgan fingerprint density at radius 3 is 2.86 bits per heavy atom. The summed E-state index contributed by atoms with van der Waals surface area (Å²) < 4.78 is 16.3. The maximum absolute atomic E-state index is 13.0. The van der Waals surface area contributed by atoms with Crippen molar-refractivity contribution in [2.45, 2.75) is 18.9 Å². The number of carbonyl (C=O) groups excluding carboxylic acids is 1. The number of halogens is 1. The molecular weight excluding hydrogens is 398 g/mol. The Balaban J connectivity index is 1.55. The van der Waals surface area contributed by atoms with Crippen LogP contribution in [0, 0.1) is 0 Å². The Bertz CT molecular complexity index is 1100. The Morgan fingerprint density at radius 2 is 2.10 bits per heavy atom. The molecule has 150 valence electrons. The molecule has 4 rings (SSSR count). The molecule has 0 saturated carbocycles. The van der Waals surface area contributed by atoms with Crippen LogP contribution in [0.2, 0.25) is 5.02 Å². The summed E-state index contributed by atoms with van der Waals surface area (Å²) >= 11 is 5.78. The van der Waals surface area contributed by atoms with Crippen LogP contribution in [0.5, 0.6) is 11.8 Å². The Labute approximate surface area is 171 Å². The van der Waals surface area contributed by atoms with E-state index in [9.17, 15) is 9.59 Å². The van der Waals surface area contributed by atoms with Crippen molar-refractivity contribution < 1.29 is 18.7 Å². The Hall–Kier alpha value is -3.13. The number of carbonyl (C=O) groups is 1. The first kappa shape index (κ1) is 19.2. The molecule has 0 spiro atoms. The van der Waals surface area contributed by atoms with Crippen LogP contribution in [0.25, 0.3) is 11.0 Å². The number of hydrogen-bond acceptors (Lipinski definition) is 7. The zero-order chi connectivity index (χ0) is 20.4. The smallest absolute Gasteiger partial charge is 0.349 e. The van der Waals surface area contributed by atoms with E-state index in [4.69, 9.17) is 25.5 Å². The first-order chi connectivity index (χ1) is 14.0. The van der Waals surface area contributed by atoms with Gasteiger partial charge in [0.05, 0.1) is 31.1 Å². The van der Waals surface area contributed by atoms with Crippen molar-refractivity contribution in [1.29, 1.82) is 0 Å². The summed E-state index contributed by atoms with van der Waals surface area (Å²) in [7, 11) is 1.49. The standard InChI is InChI=1S/C20H18ClN3O5/c1-27-16-6-2-4-12-8-15(19(26)29-17(12)16)18(25)24-7-3-5-14(11-24)28-20-22-9-13(21)10-23-20/h2,4,6,8-10,14H,3,5,7,11H2,1H3/t14-/m1/s1. The number of rotatable bonds is 4. The summed E-state index contributed by atoms with van der Waals surface area (Å²) in [6.45, 7) is 0.843. The summed E-state index contributed by atoms with van der Waals surface area (Å²) in [6, 6.07) is 6.96. The highest BCUT2D eigenvalue weighted by molar-refractivity contribution is 6.30. The number of methoxy groups -OCH3 is 1. The summed E-state index contributed by atoms with van der Waals surface area (Å²) in [5, 5.41) is 1.03. The van der Waals surface area contributed by atoms with Gasteiger partial charge in [-0.25, -0.2) is 14.8 Å². The maximum atomic E-state index is 13.0. The molecule has 1 amide bonds. The van der Waals surface area contributed by atoms with Gasteiger partial charge in [-0.05, 0) is 25.0 Å². The predicted octanol–water partition coefficient (Wildman–Crippen LogP) is 2.93. The minimum Gasteiger partial charge on any atom is -0.493 e. The van der Waals surface area contributed by atoms with Gasteiger partial charge < -0.3 is 18.8 Å². The van der Waals surface area contributed by atoms with Crippen LogP contribution in [-0.2, 0) is 0 Å². The van der Waals surface area contributed by atoms with E-state index in [0.29, 0.717) is 34.8 Å². The highest BCUT2D eigenvalue weighted by Crippen LogP contribution is 2.25. The number of fused-ring (bicyclic) bond motifs is 1. The van der Waals surface area contributed by atoms with Crippen LogP contribution >= 0.6 is 11.6 Å². The number of amides is 1. The average molecular weight is 416 g/mol. The van der Waals surface area contributed by atoms with Crippen molar-refractivity contribution >= 4 is 28.5 Å². The van der Waals surface area contributed by atoms with Gasteiger partial charge in [0.2, 0.25) is 0 Å². The lowest BCUT2D eigenvalue weighted by molar-refractivity contribution is 0.0512.